The van der Waals surface area contributed by atoms with Crippen molar-refractivity contribution in [3.63, 3.8) is 0 Å². The molecule has 0 aliphatic heterocycles. The van der Waals surface area contributed by atoms with Gasteiger partial charge >= 0.3 is 5.97 Å². The van der Waals surface area contributed by atoms with Crippen LogP contribution in [-0.2, 0) is 20.7 Å². The number of hydrogen-bond donors (Lipinski definition) is 1. The van der Waals surface area contributed by atoms with E-state index in [9.17, 15) is 18.4 Å². The van der Waals surface area contributed by atoms with Crippen molar-refractivity contribution in [3.05, 3.63) is 35.4 Å². The van der Waals surface area contributed by atoms with Crippen LogP contribution < -0.4 is 0 Å². The fourth-order valence-electron chi connectivity index (χ4n) is 1.61. The van der Waals surface area contributed by atoms with Crippen molar-refractivity contribution >= 4 is 11.9 Å². The molecule has 0 aliphatic carbocycles. The number of carboxylic acid groups (broad SMARTS) is 1. The number of ether oxygens (including phenoxy) is 1. The molecule has 1 aromatic carbocycles. The Morgan fingerprint density at radius 2 is 2.05 bits per heavy atom. The Kier molecular flexibility index (Phi) is 6.05. The first kappa shape index (κ1) is 16.0. The van der Waals surface area contributed by atoms with Gasteiger partial charge in [-0.3, -0.25) is 9.59 Å². The van der Waals surface area contributed by atoms with E-state index in [1.165, 1.54) is 7.11 Å². The highest BCUT2D eigenvalue weighted by atomic mass is 19.1. The van der Waals surface area contributed by atoms with Gasteiger partial charge in [-0.15, -0.1) is 0 Å². The monoisotopic (exact) mass is 287 g/mol. The van der Waals surface area contributed by atoms with Crippen molar-refractivity contribution in [2.45, 2.75) is 6.42 Å². The largest absolute Gasteiger partial charge is 0.480 e. The van der Waals surface area contributed by atoms with E-state index >= 15 is 0 Å². The molecule has 0 aromatic heterocycles. The predicted octanol–water partition coefficient (Wildman–Crippen LogP) is 1.07. The van der Waals surface area contributed by atoms with Crippen LogP contribution in [0.3, 0.4) is 0 Å². The minimum atomic E-state index is -1.19. The van der Waals surface area contributed by atoms with Crippen molar-refractivity contribution in [2.75, 3.05) is 26.8 Å². The normalized spacial score (nSPS) is 10.3. The maximum Gasteiger partial charge on any atom is 0.323 e. The third-order valence-corrected chi connectivity index (χ3v) is 2.59. The molecule has 0 saturated carbocycles. The lowest BCUT2D eigenvalue weighted by atomic mass is 10.1. The van der Waals surface area contributed by atoms with Crippen LogP contribution in [0.5, 0.6) is 0 Å². The summed E-state index contributed by atoms with van der Waals surface area (Å²) < 4.78 is 31.2. The summed E-state index contributed by atoms with van der Waals surface area (Å²) in [6.07, 6.45) is -0.402. The number of hydrogen-bond acceptors (Lipinski definition) is 3. The Hall–Kier alpha value is -2.02. The van der Waals surface area contributed by atoms with Crippen LogP contribution in [0.1, 0.15) is 5.56 Å². The molecule has 0 fully saturated rings. The number of amides is 1. The Balaban J connectivity index is 2.78. The molecule has 0 heterocycles. The molecule has 0 spiro atoms. The van der Waals surface area contributed by atoms with Crippen LogP contribution in [0.25, 0.3) is 0 Å². The summed E-state index contributed by atoms with van der Waals surface area (Å²) in [6.45, 7) is -0.289. The third-order valence-electron chi connectivity index (χ3n) is 2.59. The summed E-state index contributed by atoms with van der Waals surface area (Å²) in [5.74, 6) is -3.15. The number of carbonyl (C=O) groups excluding carboxylic acids is 1. The van der Waals surface area contributed by atoms with Crippen molar-refractivity contribution < 1.29 is 28.2 Å². The van der Waals surface area contributed by atoms with E-state index in [2.05, 4.69) is 0 Å². The average molecular weight is 287 g/mol. The molecule has 0 bridgehead atoms. The lowest BCUT2D eigenvalue weighted by molar-refractivity contribution is -0.144. The minimum Gasteiger partial charge on any atom is -0.480 e. The first-order valence-electron chi connectivity index (χ1n) is 5.86. The molecular weight excluding hydrogens is 272 g/mol. The van der Waals surface area contributed by atoms with Crippen LogP contribution in [0.15, 0.2) is 18.2 Å². The highest BCUT2D eigenvalue weighted by Crippen LogP contribution is 2.11. The molecule has 0 radical (unpaired) electrons. The summed E-state index contributed by atoms with van der Waals surface area (Å²) in [5.41, 5.74) is -0.109. The van der Waals surface area contributed by atoms with Crippen LogP contribution in [0, 0.1) is 11.6 Å². The number of carbonyl (C=O) groups is 2. The molecule has 0 aliphatic rings. The van der Waals surface area contributed by atoms with Crippen molar-refractivity contribution in [3.8, 4) is 0 Å². The van der Waals surface area contributed by atoms with Crippen molar-refractivity contribution in [2.24, 2.45) is 0 Å². The first-order valence-corrected chi connectivity index (χ1v) is 5.86. The Labute approximate surface area is 114 Å². The maximum absolute atomic E-state index is 13.4. The van der Waals surface area contributed by atoms with Crippen LogP contribution in [-0.4, -0.2) is 48.7 Å². The first-order chi connectivity index (χ1) is 9.43. The lowest BCUT2D eigenvalue weighted by Gasteiger charge is -2.20. The second-order valence-electron chi connectivity index (χ2n) is 4.11. The van der Waals surface area contributed by atoms with Crippen molar-refractivity contribution in [1.29, 1.82) is 0 Å². The van der Waals surface area contributed by atoms with Gasteiger partial charge in [0, 0.05) is 19.2 Å². The highest BCUT2D eigenvalue weighted by Gasteiger charge is 2.18. The van der Waals surface area contributed by atoms with Gasteiger partial charge < -0.3 is 14.7 Å². The van der Waals surface area contributed by atoms with Gasteiger partial charge in [0.1, 0.15) is 18.2 Å². The van der Waals surface area contributed by atoms with Gasteiger partial charge in [0.25, 0.3) is 0 Å². The van der Waals surface area contributed by atoms with E-state index < -0.39 is 36.5 Å². The fraction of sp³-hybridized carbons (Fsp3) is 0.385. The summed E-state index contributed by atoms with van der Waals surface area (Å²) in [6, 6.07) is 2.79. The van der Waals surface area contributed by atoms with Crippen LogP contribution in [0.2, 0.25) is 0 Å². The Bertz CT molecular complexity index is 493. The molecule has 7 heteroatoms. The number of rotatable bonds is 7. The van der Waals surface area contributed by atoms with E-state index in [1.807, 2.05) is 0 Å². The molecule has 20 heavy (non-hydrogen) atoms. The van der Waals surface area contributed by atoms with Gasteiger partial charge in [-0.25, -0.2) is 8.78 Å². The molecule has 1 rings (SSSR count). The van der Waals surface area contributed by atoms with Gasteiger partial charge in [-0.05, 0) is 18.2 Å². The summed E-state index contributed by atoms with van der Waals surface area (Å²) in [7, 11) is 1.41. The molecule has 0 unspecified atom stereocenters. The highest BCUT2D eigenvalue weighted by molar-refractivity contribution is 5.83. The Morgan fingerprint density at radius 3 is 2.65 bits per heavy atom. The SMILES string of the molecule is COCCN(CC(=O)O)C(=O)Cc1cc(F)ccc1F. The van der Waals surface area contributed by atoms with Gasteiger partial charge in [-0.1, -0.05) is 0 Å². The smallest absolute Gasteiger partial charge is 0.323 e. The molecule has 1 aromatic rings. The molecule has 1 N–H and O–H groups in total. The van der Waals surface area contributed by atoms with Gasteiger partial charge in [0.15, 0.2) is 0 Å². The summed E-state index contributed by atoms with van der Waals surface area (Å²) in [4.78, 5) is 23.6. The van der Waals surface area contributed by atoms with Crippen LogP contribution in [0.4, 0.5) is 8.78 Å². The predicted molar refractivity (Wildman–Crippen MR) is 66.2 cm³/mol. The second kappa shape index (κ2) is 7.54. The third kappa shape index (κ3) is 4.93. The molecule has 0 atom stereocenters. The molecular formula is C13H15F2NO4. The number of benzene rings is 1. The van der Waals surface area contributed by atoms with E-state index in [1.54, 1.807) is 0 Å². The number of methoxy groups -OCH3 is 1. The number of carboxylic acids is 1. The number of aliphatic carboxylic acids is 1. The van der Waals surface area contributed by atoms with E-state index in [4.69, 9.17) is 9.84 Å². The molecule has 0 saturated heterocycles. The molecule has 5 nitrogen and oxygen atoms in total. The van der Waals surface area contributed by atoms with E-state index in [-0.39, 0.29) is 18.7 Å². The van der Waals surface area contributed by atoms with E-state index in [0.717, 1.165) is 23.1 Å². The van der Waals surface area contributed by atoms with E-state index in [0.29, 0.717) is 0 Å². The number of halogens is 2. The van der Waals surface area contributed by atoms with Gasteiger partial charge in [-0.2, -0.15) is 0 Å². The topological polar surface area (TPSA) is 66.8 Å². The standard InChI is InChI=1S/C13H15F2NO4/c1-20-5-4-16(8-13(18)19)12(17)7-9-6-10(14)2-3-11(9)15/h2-3,6H,4-5,7-8H2,1H3,(H,18,19). The fourth-order valence-corrected chi connectivity index (χ4v) is 1.61. The average Bonchev–Trinajstić information content (AvgIpc) is 2.38. The Morgan fingerprint density at radius 1 is 1.35 bits per heavy atom. The quantitative estimate of drug-likeness (QED) is 0.814. The zero-order chi connectivity index (χ0) is 15.1. The van der Waals surface area contributed by atoms with Crippen molar-refractivity contribution in [1.82, 2.24) is 4.90 Å². The number of nitrogens with zero attached hydrogens (tertiary/aromatic N) is 1. The molecule has 110 valence electrons. The lowest BCUT2D eigenvalue weighted by Crippen LogP contribution is -2.39. The minimum absolute atomic E-state index is 0.0680. The summed E-state index contributed by atoms with van der Waals surface area (Å²) in [5, 5.41) is 8.73. The zero-order valence-electron chi connectivity index (χ0n) is 10.9. The van der Waals surface area contributed by atoms with Gasteiger partial charge in [0.2, 0.25) is 5.91 Å². The second-order valence-corrected chi connectivity index (χ2v) is 4.11. The maximum atomic E-state index is 13.4. The van der Waals surface area contributed by atoms with Crippen LogP contribution >= 0.6 is 0 Å². The molecule has 1 amide bonds. The van der Waals surface area contributed by atoms with Gasteiger partial charge in [0.05, 0.1) is 13.0 Å². The summed E-state index contributed by atoms with van der Waals surface area (Å²) >= 11 is 0. The zero-order valence-corrected chi connectivity index (χ0v) is 10.9.